The summed E-state index contributed by atoms with van der Waals surface area (Å²) in [5.74, 6) is 0.476. The van der Waals surface area contributed by atoms with Gasteiger partial charge in [-0.05, 0) is 13.0 Å². The second kappa shape index (κ2) is 1.99. The van der Waals surface area contributed by atoms with Crippen molar-refractivity contribution in [2.24, 2.45) is 10.9 Å². The third-order valence-corrected chi connectivity index (χ3v) is 2.78. The van der Waals surface area contributed by atoms with E-state index in [0.29, 0.717) is 11.1 Å². The number of hydrogen-bond acceptors (Lipinski definition) is 1. The molecule has 1 fully saturated rings. The van der Waals surface area contributed by atoms with Gasteiger partial charge >= 0.3 is 0 Å². The Bertz CT molecular complexity index is 232. The van der Waals surface area contributed by atoms with E-state index in [-0.39, 0.29) is 11.4 Å². The van der Waals surface area contributed by atoms with E-state index in [4.69, 9.17) is 23.2 Å². The summed E-state index contributed by atoms with van der Waals surface area (Å²) < 4.78 is 0. The van der Waals surface area contributed by atoms with E-state index in [9.17, 15) is 0 Å². The molecule has 1 aliphatic heterocycles. The van der Waals surface area contributed by atoms with E-state index in [1.165, 1.54) is 5.57 Å². The monoisotopic (exact) mass is 175 g/mol. The zero-order chi connectivity index (χ0) is 7.30. The number of hydrogen-bond donors (Lipinski definition) is 0. The van der Waals surface area contributed by atoms with Crippen molar-refractivity contribution in [2.45, 2.75) is 18.3 Å². The highest BCUT2D eigenvalue weighted by Crippen LogP contribution is 2.47. The summed E-state index contributed by atoms with van der Waals surface area (Å²) in [7, 11) is 0. The van der Waals surface area contributed by atoms with Crippen molar-refractivity contribution in [1.29, 1.82) is 0 Å². The minimum Gasteiger partial charge on any atom is -0.268 e. The van der Waals surface area contributed by atoms with Crippen LogP contribution in [-0.2, 0) is 0 Å². The summed E-state index contributed by atoms with van der Waals surface area (Å²) >= 11 is 11.6. The largest absolute Gasteiger partial charge is 0.268 e. The molecule has 2 unspecified atom stereocenters. The van der Waals surface area contributed by atoms with Crippen LogP contribution in [0, 0.1) is 5.92 Å². The predicted octanol–water partition coefficient (Wildman–Crippen LogP) is 2.19. The van der Waals surface area contributed by atoms with Gasteiger partial charge in [0.2, 0.25) is 0 Å². The van der Waals surface area contributed by atoms with Crippen LogP contribution in [0.3, 0.4) is 0 Å². The molecular weight excluding hydrogens is 169 g/mol. The number of allylic oxidation sites excluding steroid dienone is 1. The highest BCUT2D eigenvalue weighted by molar-refractivity contribution is 6.68. The van der Waals surface area contributed by atoms with Crippen molar-refractivity contribution in [3.63, 3.8) is 0 Å². The Morgan fingerprint density at radius 1 is 1.60 bits per heavy atom. The molecule has 3 atom stereocenters. The quantitative estimate of drug-likeness (QED) is 0.501. The average Bonchev–Trinajstić information content (AvgIpc) is 2.42. The Morgan fingerprint density at radius 3 is 2.90 bits per heavy atom. The maximum absolute atomic E-state index is 5.91. The van der Waals surface area contributed by atoms with Crippen LogP contribution >= 0.6 is 23.2 Å². The molecule has 0 spiro atoms. The minimum absolute atomic E-state index is 0.201. The van der Waals surface area contributed by atoms with Gasteiger partial charge in [-0.3, -0.25) is 4.99 Å². The fourth-order valence-corrected chi connectivity index (χ4v) is 2.16. The molecule has 0 aromatic heterocycles. The zero-order valence-electron chi connectivity index (χ0n) is 5.51. The Kier molecular flexibility index (Phi) is 1.33. The van der Waals surface area contributed by atoms with Crippen LogP contribution in [0.5, 0.6) is 0 Å². The SMILES string of the molecule is CC1=CC(Cl)=N[C@@H]2C(Cl)C12. The second-order valence-corrected chi connectivity index (χ2v) is 3.69. The smallest absolute Gasteiger partial charge is 0.123 e. The molecule has 0 aromatic carbocycles. The molecule has 3 heteroatoms. The molecule has 0 N–H and O–H groups in total. The molecule has 1 saturated carbocycles. The molecular formula is C7H7Cl2N. The number of dihydropyridines is 1. The van der Waals surface area contributed by atoms with E-state index in [2.05, 4.69) is 11.9 Å². The lowest BCUT2D eigenvalue weighted by molar-refractivity contribution is 0.908. The third kappa shape index (κ3) is 0.807. The third-order valence-electron chi connectivity index (χ3n) is 2.04. The summed E-state index contributed by atoms with van der Waals surface area (Å²) in [6.45, 7) is 2.05. The Balaban J connectivity index is 2.31. The molecule has 0 radical (unpaired) electrons. The molecule has 10 heavy (non-hydrogen) atoms. The van der Waals surface area contributed by atoms with Crippen LogP contribution in [0.1, 0.15) is 6.92 Å². The van der Waals surface area contributed by atoms with Gasteiger partial charge in [0.15, 0.2) is 0 Å². The van der Waals surface area contributed by atoms with Gasteiger partial charge in [0, 0.05) is 5.92 Å². The van der Waals surface area contributed by atoms with Crippen LogP contribution in [0.15, 0.2) is 16.6 Å². The highest BCUT2D eigenvalue weighted by Gasteiger charge is 2.51. The topological polar surface area (TPSA) is 12.4 Å². The summed E-state index contributed by atoms with van der Waals surface area (Å²) in [6, 6.07) is 0.277. The Hall–Kier alpha value is -0.0100. The number of aliphatic imine (C=N–C) groups is 1. The lowest BCUT2D eigenvalue weighted by Gasteiger charge is -2.01. The summed E-state index contributed by atoms with van der Waals surface area (Å²) in [5.41, 5.74) is 1.27. The molecule has 0 saturated heterocycles. The van der Waals surface area contributed by atoms with Gasteiger partial charge in [-0.15, -0.1) is 11.6 Å². The first-order valence-corrected chi connectivity index (χ1v) is 4.07. The molecule has 0 aromatic rings. The molecule has 0 bridgehead atoms. The van der Waals surface area contributed by atoms with Crippen LogP contribution < -0.4 is 0 Å². The number of fused-ring (bicyclic) bond motifs is 1. The van der Waals surface area contributed by atoms with Gasteiger partial charge in [-0.2, -0.15) is 0 Å². The molecule has 1 aliphatic carbocycles. The van der Waals surface area contributed by atoms with Crippen molar-refractivity contribution in [3.8, 4) is 0 Å². The van der Waals surface area contributed by atoms with Gasteiger partial charge in [-0.25, -0.2) is 0 Å². The summed E-state index contributed by atoms with van der Waals surface area (Å²) in [6.07, 6.45) is 1.89. The molecule has 2 aliphatic rings. The van der Waals surface area contributed by atoms with E-state index in [0.717, 1.165) is 0 Å². The fourth-order valence-electron chi connectivity index (χ4n) is 1.39. The van der Waals surface area contributed by atoms with Gasteiger partial charge in [-0.1, -0.05) is 17.2 Å². The first kappa shape index (κ1) is 6.68. The number of nitrogens with zero attached hydrogens (tertiary/aromatic N) is 1. The Morgan fingerprint density at radius 2 is 2.30 bits per heavy atom. The zero-order valence-corrected chi connectivity index (χ0v) is 7.02. The van der Waals surface area contributed by atoms with Crippen molar-refractivity contribution >= 4 is 28.4 Å². The van der Waals surface area contributed by atoms with Gasteiger partial charge in [0.25, 0.3) is 0 Å². The van der Waals surface area contributed by atoms with E-state index in [1.807, 2.05) is 6.08 Å². The van der Waals surface area contributed by atoms with E-state index in [1.54, 1.807) is 0 Å². The standard InChI is InChI=1S/C7H7Cl2N/c1-3-2-4(8)10-7-5(3)6(7)9/h2,5-7H,1H3/t5?,6?,7-/m0/s1. The normalized spacial score (nSPS) is 43.7. The molecule has 1 nitrogen and oxygen atoms in total. The van der Waals surface area contributed by atoms with Gasteiger partial charge < -0.3 is 0 Å². The van der Waals surface area contributed by atoms with E-state index < -0.39 is 0 Å². The second-order valence-electron chi connectivity index (χ2n) is 2.80. The Labute approximate surface area is 69.7 Å². The minimum atomic E-state index is 0.201. The van der Waals surface area contributed by atoms with Gasteiger partial charge in [0.1, 0.15) is 5.17 Å². The first-order chi connectivity index (χ1) is 4.70. The predicted molar refractivity (Wildman–Crippen MR) is 44.0 cm³/mol. The molecule has 1 heterocycles. The van der Waals surface area contributed by atoms with Crippen molar-refractivity contribution in [2.75, 3.05) is 0 Å². The molecule has 0 amide bonds. The average molecular weight is 176 g/mol. The van der Waals surface area contributed by atoms with Crippen molar-refractivity contribution < 1.29 is 0 Å². The van der Waals surface area contributed by atoms with Crippen LogP contribution in [-0.4, -0.2) is 16.6 Å². The van der Waals surface area contributed by atoms with Gasteiger partial charge in [0.05, 0.1) is 11.4 Å². The van der Waals surface area contributed by atoms with E-state index >= 15 is 0 Å². The maximum atomic E-state index is 5.91. The number of halogens is 2. The van der Waals surface area contributed by atoms with Crippen molar-refractivity contribution in [1.82, 2.24) is 0 Å². The summed E-state index contributed by atoms with van der Waals surface area (Å²) in [4.78, 5) is 4.16. The number of alkyl halides is 1. The highest BCUT2D eigenvalue weighted by atomic mass is 35.5. The lowest BCUT2D eigenvalue weighted by atomic mass is 10.1. The first-order valence-electron chi connectivity index (χ1n) is 3.26. The lowest BCUT2D eigenvalue weighted by Crippen LogP contribution is -1.97. The van der Waals surface area contributed by atoms with Crippen molar-refractivity contribution in [3.05, 3.63) is 11.6 Å². The molecule has 54 valence electrons. The summed E-state index contributed by atoms with van der Waals surface area (Å²) in [5, 5.41) is 0.800. The van der Waals surface area contributed by atoms with Crippen LogP contribution in [0.4, 0.5) is 0 Å². The fraction of sp³-hybridized carbons (Fsp3) is 0.571. The van der Waals surface area contributed by atoms with Crippen LogP contribution in [0.25, 0.3) is 0 Å². The maximum Gasteiger partial charge on any atom is 0.123 e. The molecule has 2 rings (SSSR count). The van der Waals surface area contributed by atoms with Crippen LogP contribution in [0.2, 0.25) is 0 Å². The number of rotatable bonds is 0.